The molecule has 0 amide bonds. The summed E-state index contributed by atoms with van der Waals surface area (Å²) in [7, 11) is 1.31. The minimum absolute atomic E-state index is 0.294. The molecule has 6 heteroatoms. The van der Waals surface area contributed by atoms with E-state index < -0.39 is 5.97 Å². The Morgan fingerprint density at radius 2 is 2.21 bits per heavy atom. The molecule has 0 saturated heterocycles. The molecular weight excluding hydrogens is 244 g/mol. The van der Waals surface area contributed by atoms with Crippen LogP contribution in [0.3, 0.4) is 0 Å². The molecule has 0 saturated carbocycles. The molecule has 0 bridgehead atoms. The number of nitrogens with zero attached hydrogens (tertiary/aromatic N) is 3. The lowest BCUT2D eigenvalue weighted by atomic mass is 10.1. The average molecular weight is 254 g/mol. The zero-order chi connectivity index (χ0) is 13.7. The first-order chi connectivity index (χ1) is 9.26. The van der Waals surface area contributed by atoms with Gasteiger partial charge in [-0.1, -0.05) is 12.1 Å². The number of methoxy groups -OCH3 is 1. The van der Waals surface area contributed by atoms with E-state index in [1.165, 1.54) is 19.6 Å². The number of hydrogen-bond acceptors (Lipinski definition) is 6. The molecule has 0 atom stereocenters. The van der Waals surface area contributed by atoms with Gasteiger partial charge in [-0.25, -0.2) is 14.8 Å². The molecule has 0 unspecified atom stereocenters. The van der Waals surface area contributed by atoms with Crippen molar-refractivity contribution in [2.24, 2.45) is 0 Å². The van der Waals surface area contributed by atoms with Gasteiger partial charge >= 0.3 is 5.97 Å². The fraction of sp³-hybridized carbons (Fsp3) is 0.0769. The number of benzene rings is 1. The number of nitriles is 1. The van der Waals surface area contributed by atoms with Crippen LogP contribution in [0.2, 0.25) is 0 Å². The lowest BCUT2D eigenvalue weighted by Gasteiger charge is -2.10. The molecule has 0 fully saturated rings. The second kappa shape index (κ2) is 5.60. The van der Waals surface area contributed by atoms with Crippen molar-refractivity contribution in [3.05, 3.63) is 47.9 Å². The minimum atomic E-state index is -0.462. The monoisotopic (exact) mass is 254 g/mol. The van der Waals surface area contributed by atoms with Crippen molar-refractivity contribution in [1.29, 1.82) is 5.26 Å². The second-order valence-corrected chi connectivity index (χ2v) is 3.56. The molecule has 2 rings (SSSR count). The normalized spacial score (nSPS) is 9.47. The Morgan fingerprint density at radius 3 is 2.95 bits per heavy atom. The molecule has 6 nitrogen and oxygen atoms in total. The van der Waals surface area contributed by atoms with E-state index in [0.29, 0.717) is 22.6 Å². The molecule has 2 aromatic rings. The summed E-state index contributed by atoms with van der Waals surface area (Å²) in [4.78, 5) is 19.4. The minimum Gasteiger partial charge on any atom is -0.465 e. The summed E-state index contributed by atoms with van der Waals surface area (Å²) in [5, 5.41) is 11.9. The van der Waals surface area contributed by atoms with E-state index in [-0.39, 0.29) is 0 Å². The van der Waals surface area contributed by atoms with Crippen molar-refractivity contribution in [3.8, 4) is 6.07 Å². The molecule has 1 aromatic carbocycles. The number of aromatic nitrogens is 2. The van der Waals surface area contributed by atoms with Crippen LogP contribution in [0.15, 0.2) is 36.8 Å². The van der Waals surface area contributed by atoms with Gasteiger partial charge in [0.25, 0.3) is 0 Å². The Kier molecular flexibility index (Phi) is 3.69. The highest BCUT2D eigenvalue weighted by atomic mass is 16.5. The maximum absolute atomic E-state index is 11.6. The molecule has 1 heterocycles. The SMILES string of the molecule is COC(=O)c1ccccc1Nc1ncncc1C#N. The van der Waals surface area contributed by atoms with Crippen molar-refractivity contribution >= 4 is 17.5 Å². The van der Waals surface area contributed by atoms with Gasteiger partial charge in [-0.05, 0) is 12.1 Å². The number of carbonyl (C=O) groups is 1. The molecule has 0 radical (unpaired) electrons. The highest BCUT2D eigenvalue weighted by Gasteiger charge is 2.12. The number of hydrogen-bond donors (Lipinski definition) is 1. The summed E-state index contributed by atoms with van der Waals surface area (Å²) >= 11 is 0. The van der Waals surface area contributed by atoms with Crippen LogP contribution in [0.5, 0.6) is 0 Å². The van der Waals surface area contributed by atoms with Crippen LogP contribution in [0, 0.1) is 11.3 Å². The van der Waals surface area contributed by atoms with Gasteiger partial charge < -0.3 is 10.1 Å². The predicted molar refractivity (Wildman–Crippen MR) is 67.8 cm³/mol. The summed E-state index contributed by atoms with van der Waals surface area (Å²) in [5.41, 5.74) is 1.18. The zero-order valence-electron chi connectivity index (χ0n) is 10.1. The van der Waals surface area contributed by atoms with Gasteiger partial charge in [-0.2, -0.15) is 5.26 Å². The van der Waals surface area contributed by atoms with Gasteiger partial charge in [0, 0.05) is 0 Å². The number of carbonyl (C=O) groups excluding carboxylic acids is 1. The third-order valence-corrected chi connectivity index (χ3v) is 2.42. The van der Waals surface area contributed by atoms with Gasteiger partial charge in [-0.3, -0.25) is 0 Å². The van der Waals surface area contributed by atoms with Crippen molar-refractivity contribution in [3.63, 3.8) is 0 Å². The van der Waals surface area contributed by atoms with Crippen LogP contribution in [-0.4, -0.2) is 23.0 Å². The third-order valence-electron chi connectivity index (χ3n) is 2.42. The van der Waals surface area contributed by atoms with Crippen LogP contribution in [0.1, 0.15) is 15.9 Å². The van der Waals surface area contributed by atoms with E-state index >= 15 is 0 Å². The average Bonchev–Trinajstić information content (AvgIpc) is 2.47. The lowest BCUT2D eigenvalue weighted by Crippen LogP contribution is -2.06. The van der Waals surface area contributed by atoms with E-state index in [4.69, 9.17) is 10.00 Å². The second-order valence-electron chi connectivity index (χ2n) is 3.56. The fourth-order valence-electron chi connectivity index (χ4n) is 1.52. The molecule has 0 spiro atoms. The van der Waals surface area contributed by atoms with Crippen molar-refractivity contribution in [2.75, 3.05) is 12.4 Å². The molecular formula is C13H10N4O2. The molecule has 0 aliphatic rings. The topological polar surface area (TPSA) is 87.9 Å². The molecule has 19 heavy (non-hydrogen) atoms. The van der Waals surface area contributed by atoms with Crippen LogP contribution in [-0.2, 0) is 4.74 Å². The molecule has 0 aliphatic heterocycles. The van der Waals surface area contributed by atoms with Gasteiger partial charge in [0.05, 0.1) is 24.6 Å². The maximum atomic E-state index is 11.6. The molecule has 0 aliphatic carbocycles. The summed E-state index contributed by atoms with van der Waals surface area (Å²) < 4.78 is 4.69. The van der Waals surface area contributed by atoms with Crippen molar-refractivity contribution in [2.45, 2.75) is 0 Å². The van der Waals surface area contributed by atoms with E-state index in [1.54, 1.807) is 24.3 Å². The zero-order valence-corrected chi connectivity index (χ0v) is 10.1. The summed E-state index contributed by atoms with van der Waals surface area (Å²) in [6.45, 7) is 0. The smallest absolute Gasteiger partial charge is 0.339 e. The van der Waals surface area contributed by atoms with Crippen LogP contribution in [0.4, 0.5) is 11.5 Å². The fourth-order valence-corrected chi connectivity index (χ4v) is 1.52. The third kappa shape index (κ3) is 2.66. The Morgan fingerprint density at radius 1 is 1.42 bits per heavy atom. The predicted octanol–water partition coefficient (Wildman–Crippen LogP) is 1.88. The molecule has 1 N–H and O–H groups in total. The largest absolute Gasteiger partial charge is 0.465 e. The number of esters is 1. The first-order valence-corrected chi connectivity index (χ1v) is 5.40. The number of ether oxygens (including phenoxy) is 1. The quantitative estimate of drug-likeness (QED) is 0.841. The summed E-state index contributed by atoms with van der Waals surface area (Å²) in [5.74, 6) is -0.121. The van der Waals surface area contributed by atoms with E-state index in [1.807, 2.05) is 6.07 Å². The van der Waals surface area contributed by atoms with E-state index in [9.17, 15) is 4.79 Å². The number of anilines is 2. The summed E-state index contributed by atoms with van der Waals surface area (Å²) in [6.07, 6.45) is 2.72. The first-order valence-electron chi connectivity index (χ1n) is 5.40. The Labute approximate surface area is 109 Å². The van der Waals surface area contributed by atoms with Crippen LogP contribution < -0.4 is 5.32 Å². The van der Waals surface area contributed by atoms with Crippen molar-refractivity contribution < 1.29 is 9.53 Å². The van der Waals surface area contributed by atoms with Crippen LogP contribution in [0.25, 0.3) is 0 Å². The molecule has 1 aromatic heterocycles. The Balaban J connectivity index is 2.39. The van der Waals surface area contributed by atoms with Crippen LogP contribution >= 0.6 is 0 Å². The number of para-hydroxylation sites is 1. The van der Waals surface area contributed by atoms with Crippen molar-refractivity contribution in [1.82, 2.24) is 9.97 Å². The van der Waals surface area contributed by atoms with Gasteiger partial charge in [-0.15, -0.1) is 0 Å². The van der Waals surface area contributed by atoms with E-state index in [2.05, 4.69) is 15.3 Å². The number of rotatable bonds is 3. The van der Waals surface area contributed by atoms with E-state index in [0.717, 1.165) is 0 Å². The van der Waals surface area contributed by atoms with Gasteiger partial charge in [0.1, 0.15) is 18.0 Å². The molecule has 94 valence electrons. The standard InChI is InChI=1S/C13H10N4O2/c1-19-13(18)10-4-2-3-5-11(10)17-12-9(6-14)7-15-8-16-12/h2-5,7-8H,1H3,(H,15,16,17). The maximum Gasteiger partial charge on any atom is 0.339 e. The number of nitrogens with one attached hydrogen (secondary N) is 1. The summed E-state index contributed by atoms with van der Waals surface area (Å²) in [6, 6.07) is 8.80. The Bertz CT molecular complexity index is 649. The highest BCUT2D eigenvalue weighted by Crippen LogP contribution is 2.21. The first kappa shape index (κ1) is 12.5. The van der Waals surface area contributed by atoms with Gasteiger partial charge in [0.15, 0.2) is 5.82 Å². The Hall–Kier alpha value is -2.94. The highest BCUT2D eigenvalue weighted by molar-refractivity contribution is 5.96. The lowest BCUT2D eigenvalue weighted by molar-refractivity contribution is 0.0602. The van der Waals surface area contributed by atoms with Gasteiger partial charge in [0.2, 0.25) is 0 Å².